The molecule has 136 valence electrons. The number of fused-ring (bicyclic) bond motifs is 1. The Morgan fingerprint density at radius 1 is 1.04 bits per heavy atom. The first-order valence-corrected chi connectivity index (χ1v) is 8.69. The number of nitrogens with one attached hydrogen (secondary N) is 1. The van der Waals surface area contributed by atoms with Crippen LogP contribution in [0.4, 0.5) is 0 Å². The van der Waals surface area contributed by atoms with Crippen LogP contribution in [0.15, 0.2) is 67.6 Å². The van der Waals surface area contributed by atoms with E-state index in [2.05, 4.69) is 25.0 Å². The van der Waals surface area contributed by atoms with Gasteiger partial charge in [-0.05, 0) is 30.3 Å². The van der Waals surface area contributed by atoms with Crippen molar-refractivity contribution >= 4 is 17.2 Å². The second kappa shape index (κ2) is 6.58. The van der Waals surface area contributed by atoms with E-state index in [1.165, 1.54) is 0 Å². The number of nitrogens with zero attached hydrogens (tertiary/aromatic N) is 6. The molecule has 0 aliphatic carbocycles. The first kappa shape index (κ1) is 16.1. The topological polar surface area (TPSA) is 94.3 Å². The Morgan fingerprint density at radius 2 is 1.93 bits per heavy atom. The predicted octanol–water partition coefficient (Wildman–Crippen LogP) is 2.87. The van der Waals surface area contributed by atoms with E-state index in [4.69, 9.17) is 0 Å². The Morgan fingerprint density at radius 3 is 2.79 bits per heavy atom. The fraction of sp³-hybridized carbons (Fsp3) is 0.0500. The minimum absolute atomic E-state index is 0.475. The Balaban J connectivity index is 1.41. The summed E-state index contributed by atoms with van der Waals surface area (Å²) in [6.07, 6.45) is 11.7. The van der Waals surface area contributed by atoms with Gasteiger partial charge < -0.3 is 9.55 Å². The van der Waals surface area contributed by atoms with Crippen LogP contribution in [0.1, 0.15) is 16.2 Å². The Hall–Kier alpha value is -4.07. The van der Waals surface area contributed by atoms with Crippen molar-refractivity contribution in [3.05, 3.63) is 79.0 Å². The monoisotopic (exact) mass is 369 g/mol. The van der Waals surface area contributed by atoms with Gasteiger partial charge in [-0.3, -0.25) is 14.8 Å². The summed E-state index contributed by atoms with van der Waals surface area (Å²) in [6, 6.07) is 9.61. The first-order chi connectivity index (χ1) is 13.8. The van der Waals surface area contributed by atoms with E-state index >= 15 is 0 Å². The van der Waals surface area contributed by atoms with Crippen molar-refractivity contribution in [3.63, 3.8) is 0 Å². The summed E-state index contributed by atoms with van der Waals surface area (Å²) in [4.78, 5) is 27.1. The van der Waals surface area contributed by atoms with Crippen molar-refractivity contribution in [2.24, 2.45) is 0 Å². The predicted molar refractivity (Wildman–Crippen MR) is 103 cm³/mol. The standard InChI is InChI=1S/C20H15N7O/c28-12-17-5-14-9-22-16(7-19(14)24-17)11-27-13-23-20(25-27)15-6-18(10-21-8-15)26-3-1-2-4-26/h1-10,12-13,24H,11H2. The van der Waals surface area contributed by atoms with Gasteiger partial charge in [0.05, 0.1) is 29.8 Å². The lowest BCUT2D eigenvalue weighted by molar-refractivity contribution is 0.112. The molecular weight excluding hydrogens is 354 g/mol. The molecule has 5 aromatic heterocycles. The molecular formula is C20H15N7O. The number of pyridine rings is 2. The van der Waals surface area contributed by atoms with Gasteiger partial charge in [-0.1, -0.05) is 0 Å². The molecule has 8 nitrogen and oxygen atoms in total. The Bertz CT molecular complexity index is 1270. The van der Waals surface area contributed by atoms with Crippen LogP contribution in [0.5, 0.6) is 0 Å². The van der Waals surface area contributed by atoms with E-state index in [1.54, 1.807) is 35.7 Å². The van der Waals surface area contributed by atoms with Crippen LogP contribution >= 0.6 is 0 Å². The van der Waals surface area contributed by atoms with Crippen molar-refractivity contribution < 1.29 is 4.79 Å². The summed E-state index contributed by atoms with van der Waals surface area (Å²) in [7, 11) is 0. The third-order valence-electron chi connectivity index (χ3n) is 4.45. The molecule has 0 radical (unpaired) electrons. The number of carbonyl (C=O) groups excluding carboxylic acids is 1. The summed E-state index contributed by atoms with van der Waals surface area (Å²) in [6.45, 7) is 0.475. The summed E-state index contributed by atoms with van der Waals surface area (Å²) in [5, 5.41) is 5.45. The molecule has 5 aromatic rings. The van der Waals surface area contributed by atoms with E-state index in [0.717, 1.165) is 34.1 Å². The Labute approximate surface area is 159 Å². The molecule has 5 rings (SSSR count). The number of aromatic nitrogens is 7. The number of carbonyl (C=O) groups is 1. The van der Waals surface area contributed by atoms with Crippen molar-refractivity contribution in [2.45, 2.75) is 6.54 Å². The Kier molecular flexibility index (Phi) is 3.79. The first-order valence-electron chi connectivity index (χ1n) is 8.69. The molecule has 0 amide bonds. The van der Waals surface area contributed by atoms with Crippen molar-refractivity contribution in [2.75, 3.05) is 0 Å². The highest BCUT2D eigenvalue weighted by Gasteiger charge is 2.08. The lowest BCUT2D eigenvalue weighted by Gasteiger charge is -2.03. The van der Waals surface area contributed by atoms with Gasteiger partial charge in [0.1, 0.15) is 6.33 Å². The van der Waals surface area contributed by atoms with Gasteiger partial charge in [0.2, 0.25) is 0 Å². The maximum absolute atomic E-state index is 10.9. The van der Waals surface area contributed by atoms with Gasteiger partial charge in [-0.25, -0.2) is 9.67 Å². The SMILES string of the molecule is O=Cc1cc2cnc(Cn3cnc(-c4cncc(-n5cccc5)c4)n3)cc2[nH]1. The maximum atomic E-state index is 10.9. The quantitative estimate of drug-likeness (QED) is 0.481. The van der Waals surface area contributed by atoms with Gasteiger partial charge in [0.15, 0.2) is 12.1 Å². The van der Waals surface area contributed by atoms with E-state index in [-0.39, 0.29) is 0 Å². The zero-order chi connectivity index (χ0) is 18.9. The van der Waals surface area contributed by atoms with Crippen LogP contribution in [-0.4, -0.2) is 40.6 Å². The van der Waals surface area contributed by atoms with E-state index < -0.39 is 0 Å². The average molecular weight is 369 g/mol. The van der Waals surface area contributed by atoms with Gasteiger partial charge in [-0.15, -0.1) is 0 Å². The molecule has 28 heavy (non-hydrogen) atoms. The number of rotatable bonds is 5. The third-order valence-corrected chi connectivity index (χ3v) is 4.45. The molecule has 0 aliphatic rings. The third kappa shape index (κ3) is 2.96. The molecule has 0 fully saturated rings. The van der Waals surface area contributed by atoms with Gasteiger partial charge in [0, 0.05) is 41.3 Å². The lowest BCUT2D eigenvalue weighted by Crippen LogP contribution is -2.02. The minimum atomic E-state index is 0.475. The molecule has 0 bridgehead atoms. The summed E-state index contributed by atoms with van der Waals surface area (Å²) in [5.41, 5.74) is 4.02. The molecule has 0 saturated heterocycles. The molecule has 0 atom stereocenters. The van der Waals surface area contributed by atoms with Crippen molar-refractivity contribution in [1.29, 1.82) is 0 Å². The smallest absolute Gasteiger partial charge is 0.182 e. The van der Waals surface area contributed by atoms with Crippen LogP contribution in [-0.2, 0) is 6.54 Å². The van der Waals surface area contributed by atoms with Crippen molar-refractivity contribution in [1.82, 2.24) is 34.3 Å². The normalized spacial score (nSPS) is 11.1. The fourth-order valence-electron chi connectivity index (χ4n) is 3.11. The van der Waals surface area contributed by atoms with Crippen LogP contribution in [0, 0.1) is 0 Å². The number of aldehydes is 1. The molecule has 0 aromatic carbocycles. The minimum Gasteiger partial charge on any atom is -0.352 e. The lowest BCUT2D eigenvalue weighted by atomic mass is 10.2. The van der Waals surface area contributed by atoms with Gasteiger partial charge >= 0.3 is 0 Å². The van der Waals surface area contributed by atoms with Crippen LogP contribution in [0.3, 0.4) is 0 Å². The molecule has 0 saturated carbocycles. The zero-order valence-electron chi connectivity index (χ0n) is 14.7. The van der Waals surface area contributed by atoms with E-state index in [9.17, 15) is 4.79 Å². The van der Waals surface area contributed by atoms with Crippen LogP contribution < -0.4 is 0 Å². The van der Waals surface area contributed by atoms with Gasteiger partial charge in [-0.2, -0.15) is 5.10 Å². The fourth-order valence-corrected chi connectivity index (χ4v) is 3.11. The number of H-pyrrole nitrogens is 1. The highest BCUT2D eigenvalue weighted by Crippen LogP contribution is 2.18. The molecule has 5 heterocycles. The second-order valence-corrected chi connectivity index (χ2v) is 6.39. The van der Waals surface area contributed by atoms with Crippen molar-refractivity contribution in [3.8, 4) is 17.1 Å². The molecule has 1 N–H and O–H groups in total. The number of hydrogen-bond donors (Lipinski definition) is 1. The van der Waals surface area contributed by atoms with E-state index in [0.29, 0.717) is 18.1 Å². The summed E-state index contributed by atoms with van der Waals surface area (Å²) >= 11 is 0. The molecule has 0 spiro atoms. The van der Waals surface area contributed by atoms with Crippen LogP contribution in [0.25, 0.3) is 28.0 Å². The van der Waals surface area contributed by atoms with Crippen LogP contribution in [0.2, 0.25) is 0 Å². The average Bonchev–Trinajstić information content (AvgIpc) is 3.48. The number of hydrogen-bond acceptors (Lipinski definition) is 5. The van der Waals surface area contributed by atoms with E-state index in [1.807, 2.05) is 41.2 Å². The highest BCUT2D eigenvalue weighted by atomic mass is 16.1. The maximum Gasteiger partial charge on any atom is 0.182 e. The molecule has 8 heteroatoms. The zero-order valence-corrected chi connectivity index (χ0v) is 14.7. The largest absolute Gasteiger partial charge is 0.352 e. The van der Waals surface area contributed by atoms with Gasteiger partial charge in [0.25, 0.3) is 0 Å². The molecule has 0 aliphatic heterocycles. The highest BCUT2D eigenvalue weighted by molar-refractivity contribution is 5.87. The summed E-state index contributed by atoms with van der Waals surface area (Å²) in [5.74, 6) is 0.602. The summed E-state index contributed by atoms with van der Waals surface area (Å²) < 4.78 is 3.71. The molecule has 0 unspecified atom stereocenters. The second-order valence-electron chi connectivity index (χ2n) is 6.39. The number of aromatic amines is 1.